The van der Waals surface area contributed by atoms with Crippen molar-refractivity contribution in [2.24, 2.45) is 0 Å². The van der Waals surface area contributed by atoms with Gasteiger partial charge in [0.25, 0.3) is 0 Å². The lowest BCUT2D eigenvalue weighted by molar-refractivity contribution is -0.0534. The first kappa shape index (κ1) is 15.7. The van der Waals surface area contributed by atoms with Crippen molar-refractivity contribution in [3.63, 3.8) is 0 Å². The lowest BCUT2D eigenvalue weighted by atomic mass is 10.1. The van der Waals surface area contributed by atoms with Crippen LogP contribution < -0.4 is 5.32 Å². The fraction of sp³-hybridized carbons (Fsp3) is 0.769. The lowest BCUT2D eigenvalue weighted by Gasteiger charge is -2.22. The first-order valence-electron chi connectivity index (χ1n) is 6.93. The summed E-state index contributed by atoms with van der Waals surface area (Å²) >= 11 is 6.29. The summed E-state index contributed by atoms with van der Waals surface area (Å²) in [6, 6.07) is 0.0509. The van der Waals surface area contributed by atoms with E-state index in [0.29, 0.717) is 37.8 Å². The molecule has 20 heavy (non-hydrogen) atoms. The Morgan fingerprint density at radius 3 is 2.95 bits per heavy atom. The monoisotopic (exact) mass is 303 g/mol. The molecule has 2 heterocycles. The molecule has 1 unspecified atom stereocenters. The largest absolute Gasteiger partial charge is 0.383 e. The smallest absolute Gasteiger partial charge is 0.159 e. The van der Waals surface area contributed by atoms with Gasteiger partial charge in [0.1, 0.15) is 0 Å². The van der Waals surface area contributed by atoms with E-state index >= 15 is 0 Å². The molecule has 6 nitrogen and oxygen atoms in total. The van der Waals surface area contributed by atoms with Crippen LogP contribution in [-0.2, 0) is 20.8 Å². The number of methoxy groups -OCH3 is 1. The zero-order valence-electron chi connectivity index (χ0n) is 12.0. The number of nitrogens with one attached hydrogen (secondary N) is 1. The third-order valence-corrected chi connectivity index (χ3v) is 3.53. The Hall–Kier alpha value is -0.660. The SMILES string of the molecule is CCNC(CC1OCCO1)c1c(Cl)cnn1CCOC. The Bertz CT molecular complexity index is 408. The van der Waals surface area contributed by atoms with E-state index in [0.717, 1.165) is 12.2 Å². The van der Waals surface area contributed by atoms with Crippen LogP contribution >= 0.6 is 11.6 Å². The van der Waals surface area contributed by atoms with Gasteiger partial charge in [-0.15, -0.1) is 0 Å². The molecule has 1 aromatic rings. The summed E-state index contributed by atoms with van der Waals surface area (Å²) in [4.78, 5) is 0. The van der Waals surface area contributed by atoms with Crippen molar-refractivity contribution in [3.8, 4) is 0 Å². The molecule has 1 saturated heterocycles. The Labute approximate surface area is 124 Å². The summed E-state index contributed by atoms with van der Waals surface area (Å²) in [5.74, 6) is 0. The number of rotatable bonds is 8. The zero-order valence-corrected chi connectivity index (χ0v) is 12.7. The fourth-order valence-electron chi connectivity index (χ4n) is 2.35. The molecule has 0 spiro atoms. The third-order valence-electron chi connectivity index (χ3n) is 3.24. The van der Waals surface area contributed by atoms with Crippen molar-refractivity contribution >= 4 is 11.6 Å². The van der Waals surface area contributed by atoms with E-state index in [9.17, 15) is 0 Å². The van der Waals surface area contributed by atoms with Gasteiger partial charge in [-0.2, -0.15) is 5.10 Å². The second kappa shape index (κ2) is 7.95. The average molecular weight is 304 g/mol. The first-order chi connectivity index (χ1) is 9.76. The minimum atomic E-state index is -0.180. The number of halogens is 1. The van der Waals surface area contributed by atoms with Gasteiger partial charge in [0.2, 0.25) is 0 Å². The second-order valence-electron chi connectivity index (χ2n) is 4.61. The molecule has 1 fully saturated rings. The molecule has 0 aliphatic carbocycles. The van der Waals surface area contributed by atoms with Crippen molar-refractivity contribution in [2.45, 2.75) is 32.2 Å². The lowest BCUT2D eigenvalue weighted by Crippen LogP contribution is -2.28. The van der Waals surface area contributed by atoms with Gasteiger partial charge >= 0.3 is 0 Å². The molecular formula is C13H22ClN3O3. The normalized spacial score (nSPS) is 17.8. The molecule has 1 aliphatic rings. The van der Waals surface area contributed by atoms with Crippen LogP contribution in [0.1, 0.15) is 25.1 Å². The standard InChI is InChI=1S/C13H22ClN3O3/c1-3-15-11(8-12-19-6-7-20-12)13-10(14)9-16-17(13)4-5-18-2/h9,11-12,15H,3-8H2,1-2H3. The van der Waals surface area contributed by atoms with Gasteiger partial charge in [-0.25, -0.2) is 0 Å². The highest BCUT2D eigenvalue weighted by molar-refractivity contribution is 6.31. The van der Waals surface area contributed by atoms with Gasteiger partial charge in [0, 0.05) is 13.5 Å². The number of ether oxygens (including phenoxy) is 3. The highest BCUT2D eigenvalue weighted by Gasteiger charge is 2.26. The maximum Gasteiger partial charge on any atom is 0.159 e. The first-order valence-corrected chi connectivity index (χ1v) is 7.30. The highest BCUT2D eigenvalue weighted by atomic mass is 35.5. The van der Waals surface area contributed by atoms with Crippen LogP contribution in [0, 0.1) is 0 Å². The van der Waals surface area contributed by atoms with Gasteiger partial charge in [-0.05, 0) is 6.54 Å². The van der Waals surface area contributed by atoms with Crippen molar-refractivity contribution in [2.75, 3.05) is 33.5 Å². The van der Waals surface area contributed by atoms with Crippen LogP contribution in [0.3, 0.4) is 0 Å². The summed E-state index contributed by atoms with van der Waals surface area (Å²) in [6.07, 6.45) is 2.21. The molecule has 114 valence electrons. The Morgan fingerprint density at radius 2 is 2.30 bits per heavy atom. The fourth-order valence-corrected chi connectivity index (χ4v) is 2.62. The van der Waals surface area contributed by atoms with Crippen molar-refractivity contribution in [3.05, 3.63) is 16.9 Å². The maximum absolute atomic E-state index is 6.29. The van der Waals surface area contributed by atoms with Gasteiger partial charge in [0.15, 0.2) is 6.29 Å². The van der Waals surface area contributed by atoms with Gasteiger partial charge < -0.3 is 19.5 Å². The molecule has 2 rings (SSSR count). The summed E-state index contributed by atoms with van der Waals surface area (Å²) in [7, 11) is 1.67. The number of nitrogens with zero attached hydrogens (tertiary/aromatic N) is 2. The van der Waals surface area contributed by atoms with Crippen LogP contribution in [0.15, 0.2) is 6.20 Å². The van der Waals surface area contributed by atoms with Gasteiger partial charge in [-0.1, -0.05) is 18.5 Å². The minimum Gasteiger partial charge on any atom is -0.383 e. The molecule has 1 N–H and O–H groups in total. The van der Waals surface area contributed by atoms with E-state index in [1.54, 1.807) is 13.3 Å². The topological polar surface area (TPSA) is 57.5 Å². The second-order valence-corrected chi connectivity index (χ2v) is 5.02. The Morgan fingerprint density at radius 1 is 1.55 bits per heavy atom. The van der Waals surface area contributed by atoms with E-state index in [1.807, 2.05) is 4.68 Å². The van der Waals surface area contributed by atoms with Crippen LogP contribution in [0.2, 0.25) is 5.02 Å². The average Bonchev–Trinajstić information content (AvgIpc) is 3.06. The molecule has 0 saturated carbocycles. The minimum absolute atomic E-state index is 0.0509. The van der Waals surface area contributed by atoms with Gasteiger partial charge in [0.05, 0.1) is 49.3 Å². The van der Waals surface area contributed by atoms with Crippen molar-refractivity contribution in [1.82, 2.24) is 15.1 Å². The van der Waals surface area contributed by atoms with E-state index in [-0.39, 0.29) is 12.3 Å². The molecule has 1 atom stereocenters. The van der Waals surface area contributed by atoms with E-state index in [4.69, 9.17) is 25.8 Å². The van der Waals surface area contributed by atoms with E-state index < -0.39 is 0 Å². The predicted molar refractivity (Wildman–Crippen MR) is 75.8 cm³/mol. The number of hydrogen-bond acceptors (Lipinski definition) is 5. The van der Waals surface area contributed by atoms with Crippen LogP contribution in [0.4, 0.5) is 0 Å². The number of hydrogen-bond donors (Lipinski definition) is 1. The summed E-state index contributed by atoms with van der Waals surface area (Å²) in [5.41, 5.74) is 0.963. The van der Waals surface area contributed by atoms with Gasteiger partial charge in [-0.3, -0.25) is 4.68 Å². The molecular weight excluding hydrogens is 282 g/mol. The van der Waals surface area contributed by atoms with E-state index in [2.05, 4.69) is 17.3 Å². The molecule has 1 aromatic heterocycles. The van der Waals surface area contributed by atoms with Crippen LogP contribution in [-0.4, -0.2) is 49.5 Å². The van der Waals surface area contributed by atoms with Crippen molar-refractivity contribution < 1.29 is 14.2 Å². The molecule has 1 aliphatic heterocycles. The van der Waals surface area contributed by atoms with Crippen LogP contribution in [0.25, 0.3) is 0 Å². The summed E-state index contributed by atoms with van der Waals surface area (Å²) in [6.45, 7) is 5.48. The van der Waals surface area contributed by atoms with Crippen molar-refractivity contribution in [1.29, 1.82) is 0 Å². The molecule has 0 radical (unpaired) electrons. The predicted octanol–water partition coefficient (Wildman–Crippen LogP) is 1.60. The van der Waals surface area contributed by atoms with E-state index in [1.165, 1.54) is 0 Å². The highest BCUT2D eigenvalue weighted by Crippen LogP contribution is 2.28. The summed E-state index contributed by atoms with van der Waals surface area (Å²) in [5, 5.41) is 8.39. The zero-order chi connectivity index (χ0) is 14.4. The maximum atomic E-state index is 6.29. The summed E-state index contributed by atoms with van der Waals surface area (Å²) < 4.78 is 18.1. The number of aromatic nitrogens is 2. The quantitative estimate of drug-likeness (QED) is 0.790. The molecule has 0 amide bonds. The third kappa shape index (κ3) is 3.93. The Kier molecular flexibility index (Phi) is 6.25. The molecule has 0 aromatic carbocycles. The van der Waals surface area contributed by atoms with Crippen LogP contribution in [0.5, 0.6) is 0 Å². The Balaban J connectivity index is 2.11. The molecule has 0 bridgehead atoms. The molecule has 7 heteroatoms.